The summed E-state index contributed by atoms with van der Waals surface area (Å²) in [5.41, 5.74) is 3.28. The minimum Gasteiger partial charge on any atom is -0.344 e. The fraction of sp³-hybridized carbons (Fsp3) is 0.280. The predicted molar refractivity (Wildman–Crippen MR) is 129 cm³/mol. The number of carbonyl (C=O) groups is 2. The minimum absolute atomic E-state index is 0.0121. The van der Waals surface area contributed by atoms with E-state index < -0.39 is 0 Å². The second kappa shape index (κ2) is 9.30. The van der Waals surface area contributed by atoms with Gasteiger partial charge in [-0.25, -0.2) is 9.97 Å². The van der Waals surface area contributed by atoms with Crippen LogP contribution in [0, 0.1) is 0 Å². The summed E-state index contributed by atoms with van der Waals surface area (Å²) in [6.07, 6.45) is 8.35. The highest BCUT2D eigenvalue weighted by Gasteiger charge is 2.35. The Labute approximate surface area is 202 Å². The highest BCUT2D eigenvalue weighted by molar-refractivity contribution is 6.30. The van der Waals surface area contributed by atoms with E-state index in [1.54, 1.807) is 23.6 Å². The molecule has 2 atom stereocenters. The highest BCUT2D eigenvalue weighted by Crippen LogP contribution is 2.31. The number of imidazole rings is 2. The quantitative estimate of drug-likeness (QED) is 0.459. The lowest BCUT2D eigenvalue weighted by molar-refractivity contribution is 0.0655. The van der Waals surface area contributed by atoms with Gasteiger partial charge >= 0.3 is 0 Å². The van der Waals surface area contributed by atoms with Crippen LogP contribution in [0.15, 0.2) is 61.3 Å². The summed E-state index contributed by atoms with van der Waals surface area (Å²) in [6.45, 7) is 2.94. The standard InChI is InChI=1S/C25H25ClN6O2/c1-2-18-12-28-23(29-18)24(33)30-21-14-31(10-8-19(21)16-5-3-6-17(26)11-16)25(34)20-7-4-9-32-15-27-13-22(20)32/h3-7,9,11-13,15,19,21H,2,8,10,14H2,1H3,(H,28,29)(H,30,33)/t19-,21+/m0/s1. The Morgan fingerprint density at radius 1 is 1.24 bits per heavy atom. The van der Waals surface area contributed by atoms with Crippen LogP contribution in [-0.2, 0) is 6.42 Å². The van der Waals surface area contributed by atoms with Gasteiger partial charge < -0.3 is 19.6 Å². The van der Waals surface area contributed by atoms with Crippen molar-refractivity contribution < 1.29 is 9.59 Å². The number of rotatable bonds is 5. The first-order valence-corrected chi connectivity index (χ1v) is 11.7. The number of likely N-dealkylation sites (tertiary alicyclic amines) is 1. The van der Waals surface area contributed by atoms with E-state index in [-0.39, 0.29) is 29.6 Å². The summed E-state index contributed by atoms with van der Waals surface area (Å²) in [6, 6.07) is 11.0. The van der Waals surface area contributed by atoms with E-state index in [9.17, 15) is 9.59 Å². The number of aromatic amines is 1. The molecule has 1 aromatic carbocycles. The first-order valence-electron chi connectivity index (χ1n) is 11.3. The molecule has 4 heterocycles. The summed E-state index contributed by atoms with van der Waals surface area (Å²) < 4.78 is 1.83. The zero-order chi connectivity index (χ0) is 23.7. The monoisotopic (exact) mass is 476 g/mol. The Kier molecular flexibility index (Phi) is 6.06. The number of benzene rings is 1. The number of fused-ring (bicyclic) bond motifs is 1. The first-order chi connectivity index (χ1) is 16.5. The fourth-order valence-electron chi connectivity index (χ4n) is 4.61. The maximum Gasteiger partial charge on any atom is 0.287 e. The SMILES string of the molecule is CCc1cnc(C(=O)N[C@@H]2CN(C(=O)c3cccn4cncc34)CC[C@H]2c2cccc(Cl)c2)[nH]1. The zero-order valence-corrected chi connectivity index (χ0v) is 19.5. The second-order valence-electron chi connectivity index (χ2n) is 8.50. The molecule has 3 aromatic heterocycles. The number of piperidine rings is 1. The third kappa shape index (κ3) is 4.28. The van der Waals surface area contributed by atoms with Crippen LogP contribution in [0.25, 0.3) is 5.52 Å². The van der Waals surface area contributed by atoms with Gasteiger partial charge in [-0.05, 0) is 42.7 Å². The first kappa shape index (κ1) is 22.2. The third-order valence-electron chi connectivity index (χ3n) is 6.40. The fourth-order valence-corrected chi connectivity index (χ4v) is 4.81. The number of aromatic nitrogens is 4. The zero-order valence-electron chi connectivity index (χ0n) is 18.7. The second-order valence-corrected chi connectivity index (χ2v) is 8.94. The van der Waals surface area contributed by atoms with Crippen molar-refractivity contribution in [3.05, 3.63) is 89.0 Å². The molecule has 0 aliphatic carbocycles. The number of amides is 2. The Hall–Kier alpha value is -3.65. The number of hydrogen-bond donors (Lipinski definition) is 2. The number of nitrogens with one attached hydrogen (secondary N) is 2. The Bertz CT molecular complexity index is 1350. The van der Waals surface area contributed by atoms with Crippen molar-refractivity contribution in [1.82, 2.24) is 29.6 Å². The number of hydrogen-bond acceptors (Lipinski definition) is 4. The van der Waals surface area contributed by atoms with Gasteiger partial charge in [0.1, 0.15) is 0 Å². The minimum atomic E-state index is -0.302. The van der Waals surface area contributed by atoms with Crippen LogP contribution in [0.2, 0.25) is 5.02 Å². The van der Waals surface area contributed by atoms with Crippen molar-refractivity contribution >= 4 is 28.9 Å². The molecule has 2 N–H and O–H groups in total. The van der Waals surface area contributed by atoms with Gasteiger partial charge in [-0.2, -0.15) is 0 Å². The number of carbonyl (C=O) groups excluding carboxylic acids is 2. The van der Waals surface area contributed by atoms with E-state index in [2.05, 4.69) is 20.3 Å². The van der Waals surface area contributed by atoms with E-state index in [0.29, 0.717) is 30.1 Å². The maximum atomic E-state index is 13.5. The molecule has 1 aliphatic rings. The molecule has 1 saturated heterocycles. The van der Waals surface area contributed by atoms with Crippen molar-refractivity contribution in [1.29, 1.82) is 0 Å². The van der Waals surface area contributed by atoms with Crippen molar-refractivity contribution in [2.24, 2.45) is 0 Å². The van der Waals surface area contributed by atoms with Gasteiger partial charge in [0.25, 0.3) is 11.8 Å². The largest absolute Gasteiger partial charge is 0.344 e. The van der Waals surface area contributed by atoms with Gasteiger partial charge in [-0.15, -0.1) is 0 Å². The lowest BCUT2D eigenvalue weighted by Crippen LogP contribution is -2.53. The predicted octanol–water partition coefficient (Wildman–Crippen LogP) is 3.70. The topological polar surface area (TPSA) is 95.4 Å². The van der Waals surface area contributed by atoms with E-state index in [0.717, 1.165) is 23.2 Å². The molecule has 0 unspecified atom stereocenters. The van der Waals surface area contributed by atoms with Gasteiger partial charge in [0, 0.05) is 42.1 Å². The lowest BCUT2D eigenvalue weighted by atomic mass is 9.85. The number of H-pyrrole nitrogens is 1. The summed E-state index contributed by atoms with van der Waals surface area (Å²) in [5, 5.41) is 3.77. The van der Waals surface area contributed by atoms with E-state index >= 15 is 0 Å². The van der Waals surface area contributed by atoms with Crippen LogP contribution < -0.4 is 5.32 Å². The van der Waals surface area contributed by atoms with Gasteiger partial charge in [0.05, 0.1) is 29.6 Å². The smallest absolute Gasteiger partial charge is 0.287 e. The van der Waals surface area contributed by atoms with Gasteiger partial charge in [-0.1, -0.05) is 30.7 Å². The van der Waals surface area contributed by atoms with Crippen LogP contribution in [0.3, 0.4) is 0 Å². The van der Waals surface area contributed by atoms with Crippen molar-refractivity contribution in [2.75, 3.05) is 13.1 Å². The average Bonchev–Trinajstić information content (AvgIpc) is 3.53. The summed E-state index contributed by atoms with van der Waals surface area (Å²) in [4.78, 5) is 39.7. The Balaban J connectivity index is 1.42. The number of nitrogens with zero attached hydrogens (tertiary/aromatic N) is 4. The third-order valence-corrected chi connectivity index (χ3v) is 6.63. The Morgan fingerprint density at radius 3 is 2.91 bits per heavy atom. The van der Waals surface area contributed by atoms with Crippen molar-refractivity contribution in [3.63, 3.8) is 0 Å². The van der Waals surface area contributed by atoms with Gasteiger partial charge in [0.2, 0.25) is 0 Å². The Morgan fingerprint density at radius 2 is 2.12 bits per heavy atom. The molecule has 0 radical (unpaired) electrons. The molecule has 4 aromatic rings. The molecule has 2 amide bonds. The molecule has 174 valence electrons. The maximum absolute atomic E-state index is 13.5. The molecular weight excluding hydrogens is 452 g/mol. The molecular formula is C25H25ClN6O2. The molecule has 5 rings (SSSR count). The van der Waals surface area contributed by atoms with Gasteiger partial charge in [-0.3, -0.25) is 9.59 Å². The number of halogens is 1. The molecule has 0 saturated carbocycles. The summed E-state index contributed by atoms with van der Waals surface area (Å²) in [5.74, 6) is -0.0858. The number of pyridine rings is 1. The molecule has 1 aliphatic heterocycles. The molecule has 0 bridgehead atoms. The van der Waals surface area contributed by atoms with Crippen molar-refractivity contribution in [3.8, 4) is 0 Å². The molecule has 8 nitrogen and oxygen atoms in total. The molecule has 9 heteroatoms. The lowest BCUT2D eigenvalue weighted by Gasteiger charge is -2.39. The van der Waals surface area contributed by atoms with Crippen LogP contribution >= 0.6 is 11.6 Å². The van der Waals surface area contributed by atoms with Crippen LogP contribution in [0.4, 0.5) is 0 Å². The molecule has 0 spiro atoms. The number of aryl methyl sites for hydroxylation is 1. The van der Waals surface area contributed by atoms with E-state index in [4.69, 9.17) is 11.6 Å². The van der Waals surface area contributed by atoms with Crippen LogP contribution in [0.5, 0.6) is 0 Å². The van der Waals surface area contributed by atoms with Crippen molar-refractivity contribution in [2.45, 2.75) is 31.7 Å². The van der Waals surface area contributed by atoms with Crippen LogP contribution in [-0.4, -0.2) is 55.2 Å². The summed E-state index contributed by atoms with van der Waals surface area (Å²) in [7, 11) is 0. The summed E-state index contributed by atoms with van der Waals surface area (Å²) >= 11 is 6.26. The average molecular weight is 477 g/mol. The highest BCUT2D eigenvalue weighted by atomic mass is 35.5. The van der Waals surface area contributed by atoms with Gasteiger partial charge in [0.15, 0.2) is 5.82 Å². The normalized spacial score (nSPS) is 18.2. The van der Waals surface area contributed by atoms with E-state index in [1.807, 2.05) is 53.9 Å². The van der Waals surface area contributed by atoms with Crippen LogP contribution in [0.1, 0.15) is 51.5 Å². The van der Waals surface area contributed by atoms with E-state index in [1.165, 1.54) is 0 Å². The molecule has 34 heavy (non-hydrogen) atoms. The molecule has 1 fully saturated rings.